The number of rotatable bonds is 5. The summed E-state index contributed by atoms with van der Waals surface area (Å²) in [5, 5.41) is 9.97. The highest BCUT2D eigenvalue weighted by molar-refractivity contribution is 6.77. The summed E-state index contributed by atoms with van der Waals surface area (Å²) in [6, 6.07) is 0. The van der Waals surface area contributed by atoms with Crippen LogP contribution in [0.5, 0.6) is 0 Å². The first-order valence-electron chi connectivity index (χ1n) is 8.91. The Morgan fingerprint density at radius 2 is 1.64 bits per heavy atom. The lowest BCUT2D eigenvalue weighted by molar-refractivity contribution is 0.122. The molecule has 22 heavy (non-hydrogen) atoms. The Labute approximate surface area is 138 Å². The van der Waals surface area contributed by atoms with Gasteiger partial charge in [0.15, 0.2) is 0 Å². The van der Waals surface area contributed by atoms with E-state index in [1.807, 2.05) is 0 Å². The molecule has 1 N–H and O–H groups in total. The summed E-state index contributed by atoms with van der Waals surface area (Å²) >= 11 is 0. The molecule has 1 rings (SSSR count). The standard InChI is InChI=1S/C18H37NO2Si/c1-14(2)22(15(3)4,16(5)6)21-18-10-8-9-17(20)13-19(7)12-11-18/h8,10,14-18,20H,9,11-13H2,1-7H3/b10-8+/t17-,18+/m1/s1. The Morgan fingerprint density at radius 3 is 2.14 bits per heavy atom. The molecule has 0 aromatic rings. The average molecular weight is 328 g/mol. The first kappa shape index (κ1) is 19.9. The van der Waals surface area contributed by atoms with Crippen molar-refractivity contribution in [3.8, 4) is 0 Å². The molecule has 4 heteroatoms. The van der Waals surface area contributed by atoms with Gasteiger partial charge in [-0.05, 0) is 36.5 Å². The van der Waals surface area contributed by atoms with Gasteiger partial charge in [-0.3, -0.25) is 0 Å². The Balaban J connectivity index is 2.95. The lowest BCUT2D eigenvalue weighted by atomic mass is 10.2. The highest BCUT2D eigenvalue weighted by atomic mass is 28.4. The van der Waals surface area contributed by atoms with Crippen molar-refractivity contribution in [2.75, 3.05) is 20.1 Å². The van der Waals surface area contributed by atoms with Crippen molar-refractivity contribution < 1.29 is 9.53 Å². The number of hydrogen-bond acceptors (Lipinski definition) is 3. The lowest BCUT2D eigenvalue weighted by Crippen LogP contribution is -2.50. The minimum atomic E-state index is -1.84. The van der Waals surface area contributed by atoms with Crippen LogP contribution < -0.4 is 0 Å². The van der Waals surface area contributed by atoms with E-state index in [1.54, 1.807) is 0 Å². The molecule has 0 saturated carbocycles. The van der Waals surface area contributed by atoms with Crippen LogP contribution in [-0.4, -0.2) is 50.7 Å². The maximum Gasteiger partial charge on any atom is 0.201 e. The molecule has 2 atom stereocenters. The molecular formula is C18H37NO2Si. The normalized spacial score (nSPS) is 27.0. The highest BCUT2D eigenvalue weighted by Gasteiger charge is 2.46. The molecule has 3 nitrogen and oxygen atoms in total. The summed E-state index contributed by atoms with van der Waals surface area (Å²) in [4.78, 5) is 2.22. The van der Waals surface area contributed by atoms with Gasteiger partial charge in [0, 0.05) is 13.1 Å². The molecule has 0 fully saturated rings. The van der Waals surface area contributed by atoms with Crippen LogP contribution in [0.1, 0.15) is 54.4 Å². The molecule has 0 amide bonds. The Kier molecular flexibility index (Phi) is 7.79. The van der Waals surface area contributed by atoms with Gasteiger partial charge in [0.25, 0.3) is 0 Å². The summed E-state index contributed by atoms with van der Waals surface area (Å²) in [6.07, 6.45) is 5.99. The smallest absolute Gasteiger partial charge is 0.201 e. The highest BCUT2D eigenvalue weighted by Crippen LogP contribution is 2.43. The lowest BCUT2D eigenvalue weighted by Gasteiger charge is -2.44. The van der Waals surface area contributed by atoms with Crippen LogP contribution in [0.15, 0.2) is 12.2 Å². The fourth-order valence-corrected chi connectivity index (χ4v) is 9.66. The summed E-state index contributed by atoms with van der Waals surface area (Å²) in [5.74, 6) is 0. The summed E-state index contributed by atoms with van der Waals surface area (Å²) in [6.45, 7) is 15.7. The van der Waals surface area contributed by atoms with E-state index >= 15 is 0 Å². The van der Waals surface area contributed by atoms with Gasteiger partial charge < -0.3 is 14.4 Å². The predicted octanol–water partition coefficient (Wildman–Crippen LogP) is 4.19. The first-order chi connectivity index (χ1) is 10.2. The fraction of sp³-hybridized carbons (Fsp3) is 0.889. The maximum absolute atomic E-state index is 9.97. The molecule has 130 valence electrons. The van der Waals surface area contributed by atoms with Gasteiger partial charge in [-0.25, -0.2) is 0 Å². The topological polar surface area (TPSA) is 32.7 Å². The van der Waals surface area contributed by atoms with Crippen LogP contribution in [0, 0.1) is 0 Å². The number of hydrogen-bond donors (Lipinski definition) is 1. The molecule has 0 saturated heterocycles. The zero-order chi connectivity index (χ0) is 16.9. The number of aliphatic hydroxyl groups excluding tert-OH is 1. The molecule has 0 unspecified atom stereocenters. The summed E-state index contributed by atoms with van der Waals surface area (Å²) in [7, 11) is 0.245. The molecule has 0 bridgehead atoms. The average Bonchev–Trinajstić information content (AvgIpc) is 2.46. The number of likely N-dealkylation sites (N-methyl/N-ethyl adjacent to an activating group) is 1. The predicted molar refractivity (Wildman–Crippen MR) is 97.8 cm³/mol. The van der Waals surface area contributed by atoms with E-state index in [2.05, 4.69) is 65.6 Å². The van der Waals surface area contributed by atoms with Crippen molar-refractivity contribution in [3.63, 3.8) is 0 Å². The summed E-state index contributed by atoms with van der Waals surface area (Å²) < 4.78 is 6.88. The number of nitrogens with zero attached hydrogens (tertiary/aromatic N) is 1. The Morgan fingerprint density at radius 1 is 1.09 bits per heavy atom. The minimum Gasteiger partial charge on any atom is -0.410 e. The third kappa shape index (κ3) is 4.92. The molecule has 1 aliphatic heterocycles. The first-order valence-corrected chi connectivity index (χ1v) is 11.0. The van der Waals surface area contributed by atoms with E-state index in [0.717, 1.165) is 25.9 Å². The van der Waals surface area contributed by atoms with Crippen molar-refractivity contribution in [2.45, 2.75) is 83.2 Å². The van der Waals surface area contributed by atoms with Crippen LogP contribution in [0.4, 0.5) is 0 Å². The van der Waals surface area contributed by atoms with Crippen LogP contribution >= 0.6 is 0 Å². The van der Waals surface area contributed by atoms with E-state index in [-0.39, 0.29) is 12.2 Å². The number of β-amino-alcohol motifs (C(OH)–C–C–N with tert-alkyl or cyclic N) is 1. The number of aliphatic hydroxyl groups is 1. The molecule has 0 aromatic carbocycles. The van der Waals surface area contributed by atoms with Crippen LogP contribution in [-0.2, 0) is 4.43 Å². The van der Waals surface area contributed by atoms with Gasteiger partial charge in [0.2, 0.25) is 8.32 Å². The van der Waals surface area contributed by atoms with Crippen LogP contribution in [0.25, 0.3) is 0 Å². The fourth-order valence-electron chi connectivity index (χ4n) is 4.13. The third-order valence-electron chi connectivity index (χ3n) is 5.14. The van der Waals surface area contributed by atoms with Gasteiger partial charge in [-0.2, -0.15) is 0 Å². The van der Waals surface area contributed by atoms with E-state index < -0.39 is 8.32 Å². The largest absolute Gasteiger partial charge is 0.410 e. The molecule has 0 spiro atoms. The van der Waals surface area contributed by atoms with E-state index in [9.17, 15) is 5.11 Å². The van der Waals surface area contributed by atoms with Crippen LogP contribution in [0.3, 0.4) is 0 Å². The Hall–Kier alpha value is -0.163. The quantitative estimate of drug-likeness (QED) is 0.607. The monoisotopic (exact) mass is 327 g/mol. The maximum atomic E-state index is 9.97. The van der Waals surface area contributed by atoms with Gasteiger partial charge in [0.1, 0.15) is 0 Å². The van der Waals surface area contributed by atoms with Crippen molar-refractivity contribution in [2.24, 2.45) is 0 Å². The van der Waals surface area contributed by atoms with Gasteiger partial charge in [0.05, 0.1) is 12.2 Å². The second kappa shape index (κ2) is 8.62. The second-order valence-electron chi connectivity index (χ2n) is 7.84. The van der Waals surface area contributed by atoms with E-state index in [4.69, 9.17) is 4.43 Å². The van der Waals surface area contributed by atoms with Gasteiger partial charge in [-0.15, -0.1) is 0 Å². The van der Waals surface area contributed by atoms with Crippen molar-refractivity contribution in [3.05, 3.63) is 12.2 Å². The molecule has 0 aliphatic carbocycles. The zero-order valence-electron chi connectivity index (χ0n) is 15.7. The third-order valence-corrected chi connectivity index (χ3v) is 11.3. The van der Waals surface area contributed by atoms with Crippen LogP contribution in [0.2, 0.25) is 16.6 Å². The van der Waals surface area contributed by atoms with Gasteiger partial charge >= 0.3 is 0 Å². The molecule has 0 aromatic heterocycles. The Bertz CT molecular complexity index is 333. The van der Waals surface area contributed by atoms with E-state index in [0.29, 0.717) is 16.6 Å². The molecule has 0 radical (unpaired) electrons. The molecule has 1 aliphatic rings. The summed E-state index contributed by atoms with van der Waals surface area (Å²) in [5.41, 5.74) is 1.82. The van der Waals surface area contributed by atoms with Crippen molar-refractivity contribution >= 4 is 8.32 Å². The van der Waals surface area contributed by atoms with E-state index in [1.165, 1.54) is 0 Å². The second-order valence-corrected chi connectivity index (χ2v) is 13.2. The van der Waals surface area contributed by atoms with Crippen molar-refractivity contribution in [1.29, 1.82) is 0 Å². The van der Waals surface area contributed by atoms with Gasteiger partial charge in [-0.1, -0.05) is 53.7 Å². The molecular weight excluding hydrogens is 290 g/mol. The SMILES string of the molecule is CC(C)[Si](O[C@H]1/C=C/C[C@@H](O)CN(C)CC1)(C(C)C)C(C)C. The minimum absolute atomic E-state index is 0.187. The molecule has 1 heterocycles. The van der Waals surface area contributed by atoms with Crippen molar-refractivity contribution in [1.82, 2.24) is 4.90 Å². The zero-order valence-corrected chi connectivity index (χ0v) is 16.7.